The van der Waals surface area contributed by atoms with E-state index in [1.54, 1.807) is 25.4 Å². The van der Waals surface area contributed by atoms with Crippen LogP contribution in [0.3, 0.4) is 0 Å². The molecule has 0 rings (SSSR count). The molecule has 0 fully saturated rings. The molecule has 20 heavy (non-hydrogen) atoms. The Balaban J connectivity index is 4.70. The summed E-state index contributed by atoms with van der Waals surface area (Å²) in [6.07, 6.45) is 6.41. The maximum atomic E-state index is 11.4. The van der Waals surface area contributed by atoms with Crippen LogP contribution in [0.1, 0.15) is 25.7 Å². The van der Waals surface area contributed by atoms with Crippen LogP contribution in [0.5, 0.6) is 0 Å². The molecule has 0 saturated carbocycles. The van der Waals surface area contributed by atoms with Crippen LogP contribution in [-0.4, -0.2) is 47.0 Å². The number of carbonyl (C=O) groups is 1. The minimum Gasteiger partial charge on any atom is -0.480 e. The number of nitrogens with zero attached hydrogens (tertiary/aromatic N) is 1. The zero-order valence-corrected chi connectivity index (χ0v) is 11.8. The molecule has 1 unspecified atom stereocenters. The molecule has 5 N–H and O–H groups in total. The van der Waals surface area contributed by atoms with Crippen LogP contribution >= 0.6 is 0 Å². The molecule has 112 valence electrons. The Kier molecular flexibility index (Phi) is 8.79. The molecule has 0 aliphatic rings. The van der Waals surface area contributed by atoms with E-state index in [2.05, 4.69) is 11.6 Å². The van der Waals surface area contributed by atoms with Gasteiger partial charge in [-0.05, 0) is 18.3 Å². The molecule has 0 aromatic rings. The second-order valence-corrected chi connectivity index (χ2v) is 4.73. The second-order valence-electron chi connectivity index (χ2n) is 4.73. The third-order valence-electron chi connectivity index (χ3n) is 2.91. The summed E-state index contributed by atoms with van der Waals surface area (Å²) in [5.74, 6) is -1.08. The number of allylic oxidation sites excluding steroid dienone is 2. The van der Waals surface area contributed by atoms with Crippen molar-refractivity contribution in [2.24, 2.45) is 10.7 Å². The van der Waals surface area contributed by atoms with Crippen LogP contribution in [0, 0.1) is 0 Å². The predicted molar refractivity (Wildman–Crippen MR) is 80.7 cm³/mol. The van der Waals surface area contributed by atoms with Crippen molar-refractivity contribution >= 4 is 19.3 Å². The SMILES string of the molecule is C=C/C=C(\C=N/C)CC(N)(CCCCB(O)O)C(=O)O. The number of carboxylic acid groups (broad SMARTS) is 1. The topological polar surface area (TPSA) is 116 Å². The van der Waals surface area contributed by atoms with Gasteiger partial charge >= 0.3 is 13.1 Å². The first kappa shape index (κ1) is 18.6. The van der Waals surface area contributed by atoms with Crippen LogP contribution in [0.25, 0.3) is 0 Å². The number of aliphatic carboxylic acids is 1. The number of nitrogens with two attached hydrogens (primary N) is 1. The van der Waals surface area contributed by atoms with E-state index in [-0.39, 0.29) is 19.2 Å². The van der Waals surface area contributed by atoms with Gasteiger partial charge in [0.1, 0.15) is 5.54 Å². The van der Waals surface area contributed by atoms with E-state index < -0.39 is 18.6 Å². The smallest absolute Gasteiger partial charge is 0.451 e. The Bertz CT molecular complexity index is 383. The monoisotopic (exact) mass is 282 g/mol. The normalized spacial score (nSPS) is 15.1. The van der Waals surface area contributed by atoms with Crippen molar-refractivity contribution in [3.8, 4) is 0 Å². The van der Waals surface area contributed by atoms with Gasteiger partial charge < -0.3 is 20.9 Å². The lowest BCUT2D eigenvalue weighted by molar-refractivity contribution is -0.143. The van der Waals surface area contributed by atoms with E-state index in [1.165, 1.54) is 0 Å². The van der Waals surface area contributed by atoms with Crippen molar-refractivity contribution in [2.45, 2.75) is 37.5 Å². The third-order valence-corrected chi connectivity index (χ3v) is 2.91. The van der Waals surface area contributed by atoms with Crippen molar-refractivity contribution < 1.29 is 19.9 Å². The molecule has 0 amide bonds. The average molecular weight is 282 g/mol. The maximum absolute atomic E-state index is 11.4. The fourth-order valence-electron chi connectivity index (χ4n) is 1.87. The Morgan fingerprint density at radius 2 is 2.10 bits per heavy atom. The largest absolute Gasteiger partial charge is 0.480 e. The highest BCUT2D eigenvalue weighted by atomic mass is 16.4. The zero-order valence-electron chi connectivity index (χ0n) is 11.8. The fourth-order valence-corrected chi connectivity index (χ4v) is 1.87. The maximum Gasteiger partial charge on any atom is 0.451 e. The van der Waals surface area contributed by atoms with Gasteiger partial charge in [0.05, 0.1) is 0 Å². The minimum atomic E-state index is -1.39. The Hall–Kier alpha value is -1.44. The molecule has 0 aliphatic heterocycles. The van der Waals surface area contributed by atoms with Crippen molar-refractivity contribution in [1.29, 1.82) is 0 Å². The molecule has 7 heteroatoms. The second kappa shape index (κ2) is 9.47. The standard InChI is InChI=1S/C13H23BN2O4/c1-3-6-11(10-16-2)9-13(15,12(17)18)7-4-5-8-14(19)20/h3,6,10,19-20H,1,4-5,7-9,15H2,2H3,(H,17,18)/b11-6-,16-10-. The number of rotatable bonds is 10. The van der Waals surface area contributed by atoms with Crippen LogP contribution in [0.4, 0.5) is 0 Å². The lowest BCUT2D eigenvalue weighted by Gasteiger charge is -2.25. The van der Waals surface area contributed by atoms with Crippen LogP contribution in [0.2, 0.25) is 6.32 Å². The Morgan fingerprint density at radius 1 is 1.45 bits per heavy atom. The van der Waals surface area contributed by atoms with Gasteiger partial charge in [-0.3, -0.25) is 9.79 Å². The van der Waals surface area contributed by atoms with Gasteiger partial charge in [-0.25, -0.2) is 0 Å². The minimum absolute atomic E-state index is 0.146. The van der Waals surface area contributed by atoms with Gasteiger partial charge in [0.25, 0.3) is 0 Å². The van der Waals surface area contributed by atoms with E-state index in [9.17, 15) is 9.90 Å². The highest BCUT2D eigenvalue weighted by molar-refractivity contribution is 6.40. The summed E-state index contributed by atoms with van der Waals surface area (Å²) in [5, 5.41) is 26.8. The van der Waals surface area contributed by atoms with E-state index in [0.29, 0.717) is 18.4 Å². The van der Waals surface area contributed by atoms with Crippen LogP contribution in [-0.2, 0) is 4.79 Å². The summed E-state index contributed by atoms with van der Waals surface area (Å²) in [5.41, 5.74) is 5.25. The number of carboxylic acids is 1. The van der Waals surface area contributed by atoms with Crippen LogP contribution in [0.15, 0.2) is 29.3 Å². The first-order chi connectivity index (χ1) is 9.35. The summed E-state index contributed by atoms with van der Waals surface area (Å²) < 4.78 is 0. The Labute approximate surface area is 119 Å². The van der Waals surface area contributed by atoms with Crippen molar-refractivity contribution in [3.05, 3.63) is 24.3 Å². The third kappa shape index (κ3) is 7.23. The van der Waals surface area contributed by atoms with E-state index in [0.717, 1.165) is 0 Å². The summed E-state index contributed by atoms with van der Waals surface area (Å²) >= 11 is 0. The first-order valence-electron chi connectivity index (χ1n) is 6.48. The summed E-state index contributed by atoms with van der Waals surface area (Å²) in [7, 11) is 0.230. The molecular formula is C13H23BN2O4. The molecule has 0 aromatic carbocycles. The lowest BCUT2D eigenvalue weighted by atomic mass is 9.81. The highest BCUT2D eigenvalue weighted by Gasteiger charge is 2.33. The number of hydrogen-bond donors (Lipinski definition) is 4. The van der Waals surface area contributed by atoms with E-state index >= 15 is 0 Å². The number of hydrogen-bond acceptors (Lipinski definition) is 5. The molecule has 0 spiro atoms. The summed E-state index contributed by atoms with van der Waals surface area (Å²) in [4.78, 5) is 15.2. The predicted octanol–water partition coefficient (Wildman–Crippen LogP) is 0.615. The average Bonchev–Trinajstić information content (AvgIpc) is 2.35. The van der Waals surface area contributed by atoms with E-state index in [4.69, 9.17) is 15.8 Å². The van der Waals surface area contributed by atoms with E-state index in [1.807, 2.05) is 0 Å². The zero-order chi connectivity index (χ0) is 15.6. The van der Waals surface area contributed by atoms with Gasteiger partial charge in [-0.2, -0.15) is 0 Å². The Morgan fingerprint density at radius 3 is 2.55 bits per heavy atom. The molecule has 0 bridgehead atoms. The molecule has 0 radical (unpaired) electrons. The van der Waals surface area contributed by atoms with Gasteiger partial charge in [0.15, 0.2) is 0 Å². The summed E-state index contributed by atoms with van der Waals surface area (Å²) in [6.45, 7) is 3.57. The first-order valence-corrected chi connectivity index (χ1v) is 6.48. The van der Waals surface area contributed by atoms with Gasteiger partial charge in [-0.15, -0.1) is 0 Å². The van der Waals surface area contributed by atoms with Crippen molar-refractivity contribution in [2.75, 3.05) is 7.05 Å². The number of unbranched alkanes of at least 4 members (excludes halogenated alkanes) is 1. The lowest BCUT2D eigenvalue weighted by Crippen LogP contribution is -2.48. The van der Waals surface area contributed by atoms with Crippen molar-refractivity contribution in [1.82, 2.24) is 0 Å². The molecule has 6 nitrogen and oxygen atoms in total. The molecule has 0 saturated heterocycles. The number of aliphatic imine (C=N–C) groups is 1. The van der Waals surface area contributed by atoms with Gasteiger partial charge in [0, 0.05) is 19.7 Å². The fraction of sp³-hybridized carbons (Fsp3) is 0.538. The van der Waals surface area contributed by atoms with Crippen molar-refractivity contribution in [3.63, 3.8) is 0 Å². The molecule has 1 atom stereocenters. The molecule has 0 aliphatic carbocycles. The van der Waals surface area contributed by atoms with Gasteiger partial charge in [0.2, 0.25) is 0 Å². The highest BCUT2D eigenvalue weighted by Crippen LogP contribution is 2.21. The van der Waals surface area contributed by atoms with Gasteiger partial charge in [-0.1, -0.05) is 31.6 Å². The quantitative estimate of drug-likeness (QED) is 0.203. The molecule has 0 heterocycles. The molecule has 0 aromatic heterocycles. The molecular weight excluding hydrogens is 259 g/mol. The summed E-state index contributed by atoms with van der Waals surface area (Å²) in [6, 6.07) is 0. The van der Waals surface area contributed by atoms with Crippen LogP contribution < -0.4 is 5.73 Å².